The molecule has 2 rings (SSSR count). The number of hydrogen-bond acceptors (Lipinski definition) is 9. The molecule has 37 heavy (non-hydrogen) atoms. The van der Waals surface area contributed by atoms with Crippen LogP contribution in [-0.4, -0.2) is 72.2 Å². The highest BCUT2D eigenvalue weighted by Crippen LogP contribution is 2.58. The molecular formula is C27H44O10. The smallest absolute Gasteiger partial charge is 0.314 e. The first kappa shape index (κ1) is 31.0. The molecule has 2 fully saturated rings. The highest BCUT2D eigenvalue weighted by molar-refractivity contribution is 5.85. The van der Waals surface area contributed by atoms with Gasteiger partial charge in [-0.2, -0.15) is 0 Å². The summed E-state index contributed by atoms with van der Waals surface area (Å²) in [6, 6.07) is 0. The third-order valence-corrected chi connectivity index (χ3v) is 9.14. The SMILES string of the molecule is CCOC(=O)C(C)(CO)CC(CO)(CC(CC)(CC(=O)OC1CC2CCC1C2(C)C)C(=O)O)C(=O)OC. The molecule has 6 atom stereocenters. The summed E-state index contributed by atoms with van der Waals surface area (Å²) >= 11 is 0. The van der Waals surface area contributed by atoms with Crippen LogP contribution in [0.25, 0.3) is 0 Å². The molecule has 0 aromatic heterocycles. The third-order valence-electron chi connectivity index (χ3n) is 9.14. The van der Waals surface area contributed by atoms with Crippen LogP contribution >= 0.6 is 0 Å². The zero-order valence-electron chi connectivity index (χ0n) is 23.0. The van der Waals surface area contributed by atoms with Gasteiger partial charge in [-0.05, 0) is 63.7 Å². The average molecular weight is 529 g/mol. The number of rotatable bonds is 14. The van der Waals surface area contributed by atoms with Crippen molar-refractivity contribution in [1.82, 2.24) is 0 Å². The van der Waals surface area contributed by atoms with Gasteiger partial charge in [-0.25, -0.2) is 0 Å². The summed E-state index contributed by atoms with van der Waals surface area (Å²) in [5, 5.41) is 30.8. The van der Waals surface area contributed by atoms with E-state index in [0.717, 1.165) is 26.4 Å². The molecule has 0 saturated heterocycles. The van der Waals surface area contributed by atoms with E-state index in [1.54, 1.807) is 13.8 Å². The van der Waals surface area contributed by atoms with Crippen molar-refractivity contribution in [1.29, 1.82) is 0 Å². The molecule has 2 aliphatic carbocycles. The number of aliphatic hydroxyl groups is 2. The lowest BCUT2D eigenvalue weighted by atomic mass is 9.62. The lowest BCUT2D eigenvalue weighted by Crippen LogP contribution is -2.50. The molecule has 2 bridgehead atoms. The van der Waals surface area contributed by atoms with E-state index in [0.29, 0.717) is 5.92 Å². The van der Waals surface area contributed by atoms with Gasteiger partial charge in [0.2, 0.25) is 0 Å². The minimum Gasteiger partial charge on any atom is -0.481 e. The number of carboxylic acids is 1. The van der Waals surface area contributed by atoms with Crippen molar-refractivity contribution in [2.45, 2.75) is 85.7 Å². The molecular weight excluding hydrogens is 484 g/mol. The number of hydrogen-bond donors (Lipinski definition) is 3. The molecule has 0 spiro atoms. The zero-order valence-corrected chi connectivity index (χ0v) is 23.0. The largest absolute Gasteiger partial charge is 0.481 e. The number of fused-ring (bicyclic) bond motifs is 2. The molecule has 0 aliphatic heterocycles. The number of ether oxygens (including phenoxy) is 3. The molecule has 2 aliphatic rings. The van der Waals surface area contributed by atoms with E-state index in [4.69, 9.17) is 14.2 Å². The fourth-order valence-electron chi connectivity index (χ4n) is 6.68. The Morgan fingerprint density at radius 1 is 0.973 bits per heavy atom. The summed E-state index contributed by atoms with van der Waals surface area (Å²) in [7, 11) is 1.09. The number of methoxy groups -OCH3 is 1. The Hall–Kier alpha value is -2.20. The second-order valence-electron chi connectivity index (χ2n) is 11.8. The summed E-state index contributed by atoms with van der Waals surface area (Å²) in [5.41, 5.74) is -5.26. The summed E-state index contributed by atoms with van der Waals surface area (Å²) in [5.74, 6) is -3.08. The first-order valence-electron chi connectivity index (χ1n) is 13.1. The Kier molecular flexibility index (Phi) is 9.79. The molecule has 212 valence electrons. The van der Waals surface area contributed by atoms with Crippen LogP contribution < -0.4 is 0 Å². The lowest BCUT2D eigenvalue weighted by molar-refractivity contribution is -0.176. The summed E-state index contributed by atoms with van der Waals surface area (Å²) < 4.78 is 15.8. The summed E-state index contributed by atoms with van der Waals surface area (Å²) in [4.78, 5) is 51.5. The fraction of sp³-hybridized carbons (Fsp3) is 0.852. The van der Waals surface area contributed by atoms with Gasteiger partial charge in [0.25, 0.3) is 0 Å². The molecule has 0 aromatic carbocycles. The molecule has 0 amide bonds. The highest BCUT2D eigenvalue weighted by atomic mass is 16.5. The van der Waals surface area contributed by atoms with Crippen molar-refractivity contribution < 1.29 is 48.7 Å². The molecule has 0 heterocycles. The Labute approximate surface area is 219 Å². The average Bonchev–Trinajstić information content (AvgIpc) is 3.27. The van der Waals surface area contributed by atoms with Gasteiger partial charge in [0.05, 0.1) is 49.6 Å². The van der Waals surface area contributed by atoms with Gasteiger partial charge in [0.15, 0.2) is 0 Å². The van der Waals surface area contributed by atoms with Crippen molar-refractivity contribution in [3.05, 3.63) is 0 Å². The number of carbonyl (C=O) groups excluding carboxylic acids is 3. The molecule has 6 unspecified atom stereocenters. The highest BCUT2D eigenvalue weighted by Gasteiger charge is 2.57. The fourth-order valence-corrected chi connectivity index (χ4v) is 6.68. The van der Waals surface area contributed by atoms with Crippen molar-refractivity contribution in [2.24, 2.45) is 33.5 Å². The molecule has 3 N–H and O–H groups in total. The Morgan fingerprint density at radius 2 is 1.62 bits per heavy atom. The van der Waals surface area contributed by atoms with Crippen LogP contribution in [-0.2, 0) is 33.4 Å². The van der Waals surface area contributed by atoms with E-state index in [1.165, 1.54) is 6.92 Å². The number of esters is 3. The van der Waals surface area contributed by atoms with Crippen LogP contribution in [0.2, 0.25) is 0 Å². The summed E-state index contributed by atoms with van der Waals surface area (Å²) in [6.45, 7) is 7.34. The molecule has 10 nitrogen and oxygen atoms in total. The number of carbonyl (C=O) groups is 4. The van der Waals surface area contributed by atoms with Gasteiger partial charge < -0.3 is 29.5 Å². The van der Waals surface area contributed by atoms with Crippen molar-refractivity contribution in [3.63, 3.8) is 0 Å². The minimum absolute atomic E-state index is 0.0263. The molecule has 10 heteroatoms. The van der Waals surface area contributed by atoms with E-state index in [2.05, 4.69) is 13.8 Å². The first-order valence-corrected chi connectivity index (χ1v) is 13.1. The van der Waals surface area contributed by atoms with Crippen molar-refractivity contribution >= 4 is 23.9 Å². The Morgan fingerprint density at radius 3 is 2.03 bits per heavy atom. The van der Waals surface area contributed by atoms with Crippen LogP contribution in [0.1, 0.15) is 79.6 Å². The van der Waals surface area contributed by atoms with E-state index in [9.17, 15) is 34.5 Å². The van der Waals surface area contributed by atoms with Crippen LogP contribution in [0.3, 0.4) is 0 Å². The number of aliphatic hydroxyl groups excluding tert-OH is 2. The standard InChI is InChI=1S/C27H44O10/c1-7-26(21(31)32,12-20(30)37-19-11-17-9-10-18(19)24(17,3)4)14-27(16-29,23(34)35-6)13-25(5,15-28)22(33)36-8-2/h17-19,28-29H,7-16H2,1-6H3,(H,31,32). The van der Waals surface area contributed by atoms with E-state index < -0.39 is 72.6 Å². The van der Waals surface area contributed by atoms with E-state index in [1.807, 2.05) is 0 Å². The monoisotopic (exact) mass is 528 g/mol. The Balaban J connectivity index is 2.37. The van der Waals surface area contributed by atoms with Crippen LogP contribution in [0.4, 0.5) is 0 Å². The van der Waals surface area contributed by atoms with Crippen molar-refractivity contribution in [2.75, 3.05) is 26.9 Å². The van der Waals surface area contributed by atoms with Gasteiger partial charge in [0.1, 0.15) is 6.10 Å². The zero-order chi connectivity index (χ0) is 28.2. The van der Waals surface area contributed by atoms with Gasteiger partial charge in [-0.3, -0.25) is 19.2 Å². The molecule has 0 radical (unpaired) electrons. The Bertz CT molecular complexity index is 869. The lowest BCUT2D eigenvalue weighted by Gasteiger charge is -2.41. The van der Waals surface area contributed by atoms with E-state index in [-0.39, 0.29) is 30.5 Å². The quantitative estimate of drug-likeness (QED) is 0.226. The second-order valence-corrected chi connectivity index (χ2v) is 11.8. The maximum Gasteiger partial charge on any atom is 0.314 e. The normalized spacial score (nSPS) is 26.9. The van der Waals surface area contributed by atoms with Gasteiger partial charge >= 0.3 is 23.9 Å². The van der Waals surface area contributed by atoms with Crippen molar-refractivity contribution in [3.8, 4) is 0 Å². The topological polar surface area (TPSA) is 157 Å². The molecule has 0 aromatic rings. The predicted molar refractivity (Wildman–Crippen MR) is 132 cm³/mol. The maximum absolute atomic E-state index is 13.1. The van der Waals surface area contributed by atoms with Crippen LogP contribution in [0, 0.1) is 33.5 Å². The number of aliphatic carboxylic acids is 1. The third kappa shape index (κ3) is 5.95. The van der Waals surface area contributed by atoms with Crippen LogP contribution in [0.15, 0.2) is 0 Å². The van der Waals surface area contributed by atoms with Crippen LogP contribution in [0.5, 0.6) is 0 Å². The summed E-state index contributed by atoms with van der Waals surface area (Å²) in [6.07, 6.45) is 1.000. The van der Waals surface area contributed by atoms with Gasteiger partial charge in [-0.1, -0.05) is 20.8 Å². The second kappa shape index (κ2) is 11.7. The first-order chi connectivity index (χ1) is 17.2. The minimum atomic E-state index is -1.90. The maximum atomic E-state index is 13.1. The molecule has 2 saturated carbocycles. The predicted octanol–water partition coefficient (Wildman–Crippen LogP) is 2.72. The van der Waals surface area contributed by atoms with E-state index >= 15 is 0 Å². The number of carboxylic acid groups (broad SMARTS) is 1. The van der Waals surface area contributed by atoms with Gasteiger partial charge in [0, 0.05) is 5.92 Å². The van der Waals surface area contributed by atoms with Gasteiger partial charge in [-0.15, -0.1) is 0 Å².